The highest BCUT2D eigenvalue weighted by molar-refractivity contribution is 9.10. The van der Waals surface area contributed by atoms with Crippen LogP contribution in [0.25, 0.3) is 0 Å². The molecular formula is C36H55BrO9. The average molecular weight is 712 g/mol. The van der Waals surface area contributed by atoms with E-state index >= 15 is 0 Å². The van der Waals surface area contributed by atoms with Crippen molar-refractivity contribution in [2.24, 2.45) is 23.7 Å². The quantitative estimate of drug-likeness (QED) is 0.129. The minimum atomic E-state index is -1.19. The Morgan fingerprint density at radius 1 is 1.13 bits per heavy atom. The standard InChI is InChI=1S/C36H55BrO9/c1-9-26(33-22(6)19-36(11-3,46-33)28-15-16-35(43,10-2)24(8)44-28)31(40)23(7)30(39)20(4)13-12-14-29(38)45-32-21(5)17-25(37)18-27(32)34(41)42/h17-18,20,22-24,26,28,30,33,39,43H,9-16,19H2,1-8H3,(H,41,42). The van der Waals surface area contributed by atoms with Gasteiger partial charge in [0.05, 0.1) is 35.6 Å². The molecule has 10 unspecified atom stereocenters. The highest BCUT2D eigenvalue weighted by Gasteiger charge is 2.55. The number of benzene rings is 1. The van der Waals surface area contributed by atoms with E-state index in [0.717, 1.165) is 12.8 Å². The molecule has 260 valence electrons. The van der Waals surface area contributed by atoms with Crippen molar-refractivity contribution in [1.29, 1.82) is 0 Å². The number of carbonyl (C=O) groups excluding carboxylic acids is 2. The van der Waals surface area contributed by atoms with Crippen LogP contribution in [0.1, 0.15) is 122 Å². The highest BCUT2D eigenvalue weighted by atomic mass is 79.9. The van der Waals surface area contributed by atoms with E-state index in [2.05, 4.69) is 29.8 Å². The predicted molar refractivity (Wildman–Crippen MR) is 179 cm³/mol. The summed E-state index contributed by atoms with van der Waals surface area (Å²) in [6.07, 6.45) is 3.43. The van der Waals surface area contributed by atoms with Crippen LogP contribution in [-0.2, 0) is 19.1 Å². The number of aliphatic hydroxyl groups is 2. The smallest absolute Gasteiger partial charge is 0.339 e. The molecule has 9 nitrogen and oxygen atoms in total. The normalized spacial score (nSPS) is 30.8. The fourth-order valence-electron chi connectivity index (χ4n) is 7.64. The lowest BCUT2D eigenvalue weighted by Gasteiger charge is -2.47. The van der Waals surface area contributed by atoms with Crippen molar-refractivity contribution in [3.05, 3.63) is 27.7 Å². The van der Waals surface area contributed by atoms with Gasteiger partial charge in [-0.1, -0.05) is 57.5 Å². The zero-order chi connectivity index (χ0) is 34.6. The number of ketones is 1. The van der Waals surface area contributed by atoms with Gasteiger partial charge in [-0.25, -0.2) is 4.79 Å². The van der Waals surface area contributed by atoms with Gasteiger partial charge in [-0.2, -0.15) is 0 Å². The molecule has 10 atom stereocenters. The zero-order valence-corrected chi connectivity index (χ0v) is 30.4. The Morgan fingerprint density at radius 2 is 1.80 bits per heavy atom. The number of ether oxygens (including phenoxy) is 3. The molecule has 2 heterocycles. The Labute approximate surface area is 282 Å². The number of halogens is 1. The van der Waals surface area contributed by atoms with Gasteiger partial charge in [-0.05, 0) is 94.7 Å². The fraction of sp³-hybridized carbons (Fsp3) is 0.750. The van der Waals surface area contributed by atoms with Crippen molar-refractivity contribution in [2.75, 3.05) is 0 Å². The molecule has 0 radical (unpaired) electrons. The molecule has 1 aromatic carbocycles. The van der Waals surface area contributed by atoms with E-state index in [0.29, 0.717) is 48.6 Å². The lowest BCUT2D eigenvalue weighted by molar-refractivity contribution is -0.229. The Hall–Kier alpha value is -1.85. The molecule has 10 heteroatoms. The summed E-state index contributed by atoms with van der Waals surface area (Å²) in [6, 6.07) is 3.08. The maximum atomic E-state index is 13.9. The molecular weight excluding hydrogens is 656 g/mol. The maximum absolute atomic E-state index is 13.9. The monoisotopic (exact) mass is 710 g/mol. The molecule has 0 spiro atoms. The summed E-state index contributed by atoms with van der Waals surface area (Å²) < 4.78 is 19.3. The summed E-state index contributed by atoms with van der Waals surface area (Å²) in [5, 5.41) is 31.7. The Kier molecular flexibility index (Phi) is 13.5. The first-order valence-corrected chi connectivity index (χ1v) is 17.8. The molecule has 2 saturated heterocycles. The van der Waals surface area contributed by atoms with Crippen LogP contribution in [0.3, 0.4) is 0 Å². The van der Waals surface area contributed by atoms with E-state index in [-0.39, 0.29) is 59.6 Å². The van der Waals surface area contributed by atoms with Crippen LogP contribution in [0, 0.1) is 30.6 Å². The van der Waals surface area contributed by atoms with E-state index in [1.165, 1.54) is 6.07 Å². The van der Waals surface area contributed by atoms with Crippen LogP contribution in [0.5, 0.6) is 5.75 Å². The Balaban J connectivity index is 1.59. The number of carboxylic acids is 1. The van der Waals surface area contributed by atoms with Crippen molar-refractivity contribution in [3.8, 4) is 5.75 Å². The second-order valence-corrected chi connectivity index (χ2v) is 14.8. The lowest BCUT2D eigenvalue weighted by atomic mass is 9.76. The molecule has 46 heavy (non-hydrogen) atoms. The number of Topliss-reactive ketones (excluding diaryl/α,β-unsaturated/α-hetero) is 1. The third-order valence-electron chi connectivity index (χ3n) is 10.8. The van der Waals surface area contributed by atoms with Gasteiger partial charge in [0.25, 0.3) is 0 Å². The first-order chi connectivity index (χ1) is 21.5. The maximum Gasteiger partial charge on any atom is 0.339 e. The topological polar surface area (TPSA) is 140 Å². The number of aromatic carboxylic acids is 1. The number of hydrogen-bond acceptors (Lipinski definition) is 8. The van der Waals surface area contributed by atoms with Crippen LogP contribution in [-0.4, -0.2) is 68.7 Å². The van der Waals surface area contributed by atoms with Crippen molar-refractivity contribution in [3.63, 3.8) is 0 Å². The summed E-state index contributed by atoms with van der Waals surface area (Å²) in [5.41, 5.74) is -0.918. The minimum Gasteiger partial charge on any atom is -0.478 e. The summed E-state index contributed by atoms with van der Waals surface area (Å²) in [4.78, 5) is 38.2. The number of rotatable bonds is 15. The number of carbonyl (C=O) groups is 3. The molecule has 1 aromatic rings. The molecule has 3 rings (SSSR count). The minimum absolute atomic E-state index is 0.0183. The second kappa shape index (κ2) is 16.0. The van der Waals surface area contributed by atoms with Gasteiger partial charge >= 0.3 is 11.9 Å². The van der Waals surface area contributed by atoms with Gasteiger partial charge in [0.2, 0.25) is 0 Å². The van der Waals surface area contributed by atoms with Crippen molar-refractivity contribution >= 4 is 33.7 Å². The zero-order valence-electron chi connectivity index (χ0n) is 28.8. The van der Waals surface area contributed by atoms with Crippen LogP contribution in [0.4, 0.5) is 0 Å². The van der Waals surface area contributed by atoms with Gasteiger partial charge in [-0.15, -0.1) is 0 Å². The third kappa shape index (κ3) is 8.41. The average Bonchev–Trinajstić information content (AvgIpc) is 3.35. The van der Waals surface area contributed by atoms with Gasteiger partial charge in [0.1, 0.15) is 17.1 Å². The number of esters is 1. The highest BCUT2D eigenvalue weighted by Crippen LogP contribution is 2.48. The molecule has 2 aliphatic rings. The van der Waals surface area contributed by atoms with E-state index in [1.807, 2.05) is 27.7 Å². The van der Waals surface area contributed by atoms with Gasteiger partial charge in [0, 0.05) is 22.7 Å². The number of hydrogen-bond donors (Lipinski definition) is 3. The summed E-state index contributed by atoms with van der Waals surface area (Å²) >= 11 is 3.27. The van der Waals surface area contributed by atoms with Gasteiger partial charge in [-0.3, -0.25) is 9.59 Å². The lowest BCUT2D eigenvalue weighted by Crippen LogP contribution is -2.55. The summed E-state index contributed by atoms with van der Waals surface area (Å²) in [6.45, 7) is 15.4. The van der Waals surface area contributed by atoms with Crippen molar-refractivity contribution in [1.82, 2.24) is 0 Å². The van der Waals surface area contributed by atoms with E-state index in [1.54, 1.807) is 19.9 Å². The van der Waals surface area contributed by atoms with Crippen LogP contribution in [0.2, 0.25) is 0 Å². The molecule has 2 aliphatic heterocycles. The largest absolute Gasteiger partial charge is 0.478 e. The van der Waals surface area contributed by atoms with Gasteiger partial charge in [0.15, 0.2) is 0 Å². The number of aliphatic hydroxyl groups excluding tert-OH is 1. The Morgan fingerprint density at radius 3 is 2.37 bits per heavy atom. The van der Waals surface area contributed by atoms with Crippen molar-refractivity contribution < 1.29 is 43.9 Å². The van der Waals surface area contributed by atoms with Gasteiger partial charge < -0.3 is 29.5 Å². The third-order valence-corrected chi connectivity index (χ3v) is 11.3. The molecule has 0 aliphatic carbocycles. The molecule has 2 fully saturated rings. The number of aryl methyl sites for hydroxylation is 1. The molecule has 0 aromatic heterocycles. The van der Waals surface area contributed by atoms with E-state index < -0.39 is 35.2 Å². The molecule has 0 saturated carbocycles. The first kappa shape index (κ1) is 38.6. The first-order valence-electron chi connectivity index (χ1n) is 17.1. The molecule has 0 amide bonds. The van der Waals surface area contributed by atoms with Crippen LogP contribution in [0.15, 0.2) is 16.6 Å². The fourth-order valence-corrected chi connectivity index (χ4v) is 8.21. The van der Waals surface area contributed by atoms with Crippen molar-refractivity contribution in [2.45, 2.75) is 149 Å². The Bertz CT molecular complexity index is 1240. The second-order valence-electron chi connectivity index (χ2n) is 13.9. The van der Waals surface area contributed by atoms with Crippen LogP contribution >= 0.6 is 15.9 Å². The molecule has 3 N–H and O–H groups in total. The SMILES string of the molecule is CCC(C(=O)C(C)C(O)C(C)CCCC(=O)Oc1c(C)cc(Br)cc1C(=O)O)C1OC(CC)(C2CCC(O)(CC)C(C)O2)CC1C. The van der Waals surface area contributed by atoms with Crippen LogP contribution < -0.4 is 4.74 Å². The summed E-state index contributed by atoms with van der Waals surface area (Å²) in [5.74, 6) is -2.84. The summed E-state index contributed by atoms with van der Waals surface area (Å²) in [7, 11) is 0. The number of carboxylic acid groups (broad SMARTS) is 1. The molecule has 0 bridgehead atoms. The van der Waals surface area contributed by atoms with E-state index in [4.69, 9.17) is 14.2 Å². The predicted octanol–water partition coefficient (Wildman–Crippen LogP) is 7.04. The van der Waals surface area contributed by atoms with E-state index in [9.17, 15) is 29.7 Å².